The summed E-state index contributed by atoms with van der Waals surface area (Å²) < 4.78 is 24.3. The first-order valence-corrected chi connectivity index (χ1v) is 5.73. The molecule has 0 spiro atoms. The van der Waals surface area contributed by atoms with Gasteiger partial charge in [0.1, 0.15) is 11.5 Å². The molecule has 5 nitrogen and oxygen atoms in total. The van der Waals surface area contributed by atoms with Crippen molar-refractivity contribution in [3.05, 3.63) is 53.8 Å². The average molecular weight is 276 g/mol. The average Bonchev–Trinajstić information content (AvgIpc) is 2.49. The van der Waals surface area contributed by atoms with Gasteiger partial charge >= 0.3 is 0 Å². The lowest BCUT2D eigenvalue weighted by atomic mass is 10.2. The second kappa shape index (κ2) is 5.92. The minimum atomic E-state index is -0.607. The van der Waals surface area contributed by atoms with Crippen molar-refractivity contribution >= 4 is 5.84 Å². The summed E-state index contributed by atoms with van der Waals surface area (Å²) in [7, 11) is 1.56. The van der Waals surface area contributed by atoms with E-state index in [4.69, 9.17) is 20.4 Å². The maximum atomic E-state index is 13.8. The van der Waals surface area contributed by atoms with Crippen molar-refractivity contribution in [2.24, 2.45) is 10.9 Å². The molecule has 6 heteroatoms. The molecule has 0 heterocycles. The first kappa shape index (κ1) is 13.7. The fraction of sp³-hybridized carbons (Fsp3) is 0.0714. The molecular formula is C14H13FN2O3. The number of benzene rings is 2. The van der Waals surface area contributed by atoms with E-state index in [0.29, 0.717) is 11.5 Å². The van der Waals surface area contributed by atoms with Gasteiger partial charge in [-0.15, -0.1) is 0 Å². The standard InChI is InChI=1S/C14H13FN2O3/c1-19-10-3-5-11(6-4-10)20-13-7-2-9(8-12(13)15)14(16)17-18/h2-8,18H,1H3,(H2,16,17). The summed E-state index contributed by atoms with van der Waals surface area (Å²) in [6.45, 7) is 0. The maximum absolute atomic E-state index is 13.8. The Morgan fingerprint density at radius 2 is 1.80 bits per heavy atom. The molecule has 0 saturated heterocycles. The van der Waals surface area contributed by atoms with Gasteiger partial charge in [0, 0.05) is 5.56 Å². The van der Waals surface area contributed by atoms with Gasteiger partial charge in [-0.25, -0.2) is 4.39 Å². The molecule has 0 fully saturated rings. The third-order valence-electron chi connectivity index (χ3n) is 2.62. The number of oxime groups is 1. The van der Waals surface area contributed by atoms with Crippen molar-refractivity contribution in [1.82, 2.24) is 0 Å². The van der Waals surface area contributed by atoms with Crippen molar-refractivity contribution < 1.29 is 19.1 Å². The van der Waals surface area contributed by atoms with E-state index < -0.39 is 5.82 Å². The van der Waals surface area contributed by atoms with Gasteiger partial charge < -0.3 is 20.4 Å². The molecule has 104 valence electrons. The normalized spacial score (nSPS) is 11.2. The second-order valence-corrected chi connectivity index (χ2v) is 3.91. The third-order valence-corrected chi connectivity index (χ3v) is 2.62. The van der Waals surface area contributed by atoms with Gasteiger partial charge in [-0.1, -0.05) is 5.16 Å². The van der Waals surface area contributed by atoms with Crippen LogP contribution in [0.3, 0.4) is 0 Å². The Hall–Kier alpha value is -2.76. The minimum Gasteiger partial charge on any atom is -0.497 e. The Morgan fingerprint density at radius 1 is 1.15 bits per heavy atom. The highest BCUT2D eigenvalue weighted by molar-refractivity contribution is 5.97. The van der Waals surface area contributed by atoms with Crippen molar-refractivity contribution in [3.63, 3.8) is 0 Å². The lowest BCUT2D eigenvalue weighted by molar-refractivity contribution is 0.318. The molecule has 0 aromatic heterocycles. The van der Waals surface area contributed by atoms with Crippen LogP contribution in [0.2, 0.25) is 0 Å². The van der Waals surface area contributed by atoms with Crippen molar-refractivity contribution in [1.29, 1.82) is 0 Å². The molecule has 0 aliphatic carbocycles. The molecule has 0 unspecified atom stereocenters. The van der Waals surface area contributed by atoms with Crippen molar-refractivity contribution in [3.8, 4) is 17.2 Å². The lowest BCUT2D eigenvalue weighted by Gasteiger charge is -2.08. The number of rotatable bonds is 4. The minimum absolute atomic E-state index is 0.0460. The molecule has 0 saturated carbocycles. The summed E-state index contributed by atoms with van der Waals surface area (Å²) in [5.41, 5.74) is 5.65. The van der Waals surface area contributed by atoms with E-state index in [1.807, 2.05) is 0 Å². The number of nitrogens with zero attached hydrogens (tertiary/aromatic N) is 1. The van der Waals surface area contributed by atoms with Crippen LogP contribution in [0, 0.1) is 5.82 Å². The van der Waals surface area contributed by atoms with Crippen LogP contribution in [0.25, 0.3) is 0 Å². The van der Waals surface area contributed by atoms with Crippen LogP contribution in [0.5, 0.6) is 17.2 Å². The maximum Gasteiger partial charge on any atom is 0.170 e. The summed E-state index contributed by atoms with van der Waals surface area (Å²) in [4.78, 5) is 0. The molecule has 2 rings (SSSR count). The molecule has 3 N–H and O–H groups in total. The van der Waals surface area contributed by atoms with E-state index in [2.05, 4.69) is 5.16 Å². The van der Waals surface area contributed by atoms with Crippen molar-refractivity contribution in [2.45, 2.75) is 0 Å². The van der Waals surface area contributed by atoms with Gasteiger partial charge in [-0.05, 0) is 42.5 Å². The Balaban J connectivity index is 2.20. The summed E-state index contributed by atoms with van der Waals surface area (Å²) >= 11 is 0. The largest absolute Gasteiger partial charge is 0.497 e. The quantitative estimate of drug-likeness (QED) is 0.389. The van der Waals surface area contributed by atoms with Crippen LogP contribution in [-0.4, -0.2) is 18.2 Å². The Labute approximate surface area is 115 Å². The summed E-state index contributed by atoms with van der Waals surface area (Å²) in [6.07, 6.45) is 0. The van der Waals surface area contributed by atoms with Crippen LogP contribution in [0.1, 0.15) is 5.56 Å². The van der Waals surface area contributed by atoms with Gasteiger partial charge in [-0.2, -0.15) is 0 Å². The van der Waals surface area contributed by atoms with Gasteiger partial charge in [0.25, 0.3) is 0 Å². The van der Waals surface area contributed by atoms with Crippen LogP contribution in [0.4, 0.5) is 4.39 Å². The zero-order chi connectivity index (χ0) is 14.5. The van der Waals surface area contributed by atoms with E-state index in [1.165, 1.54) is 12.1 Å². The molecule has 0 atom stereocenters. The highest BCUT2D eigenvalue weighted by Gasteiger charge is 2.08. The fourth-order valence-electron chi connectivity index (χ4n) is 1.57. The first-order valence-electron chi connectivity index (χ1n) is 5.73. The predicted molar refractivity (Wildman–Crippen MR) is 72.0 cm³/mol. The summed E-state index contributed by atoms with van der Waals surface area (Å²) in [6, 6.07) is 10.8. The SMILES string of the molecule is COc1ccc(Oc2ccc(/C(N)=N/O)cc2F)cc1. The monoisotopic (exact) mass is 276 g/mol. The number of ether oxygens (including phenoxy) is 2. The molecule has 2 aromatic rings. The number of nitrogens with two attached hydrogens (primary N) is 1. The topological polar surface area (TPSA) is 77.1 Å². The molecule has 0 bridgehead atoms. The predicted octanol–water partition coefficient (Wildman–Crippen LogP) is 2.72. The molecular weight excluding hydrogens is 263 g/mol. The number of halogens is 1. The van der Waals surface area contributed by atoms with E-state index >= 15 is 0 Å². The highest BCUT2D eigenvalue weighted by atomic mass is 19.1. The number of methoxy groups -OCH3 is 1. The number of hydrogen-bond donors (Lipinski definition) is 2. The molecule has 0 aliphatic heterocycles. The van der Waals surface area contributed by atoms with Crippen LogP contribution >= 0.6 is 0 Å². The Bertz CT molecular complexity index is 627. The van der Waals surface area contributed by atoms with Gasteiger partial charge in [0.05, 0.1) is 7.11 Å². The molecule has 0 amide bonds. The van der Waals surface area contributed by atoms with E-state index in [1.54, 1.807) is 31.4 Å². The van der Waals surface area contributed by atoms with Gasteiger partial charge in [0.2, 0.25) is 0 Å². The molecule has 0 aliphatic rings. The van der Waals surface area contributed by atoms with E-state index in [0.717, 1.165) is 6.07 Å². The van der Waals surface area contributed by atoms with Crippen LogP contribution in [-0.2, 0) is 0 Å². The highest BCUT2D eigenvalue weighted by Crippen LogP contribution is 2.26. The second-order valence-electron chi connectivity index (χ2n) is 3.91. The smallest absolute Gasteiger partial charge is 0.170 e. The molecule has 20 heavy (non-hydrogen) atoms. The van der Waals surface area contributed by atoms with Crippen molar-refractivity contribution in [2.75, 3.05) is 7.11 Å². The lowest BCUT2D eigenvalue weighted by Crippen LogP contribution is -2.13. The number of amidine groups is 1. The summed E-state index contributed by atoms with van der Waals surface area (Å²) in [5.74, 6) is 0.427. The van der Waals surface area contributed by atoms with Gasteiger partial charge in [0.15, 0.2) is 17.4 Å². The van der Waals surface area contributed by atoms with Crippen LogP contribution in [0.15, 0.2) is 47.6 Å². The number of hydrogen-bond acceptors (Lipinski definition) is 4. The third kappa shape index (κ3) is 2.97. The van der Waals surface area contributed by atoms with Gasteiger partial charge in [-0.3, -0.25) is 0 Å². The Morgan fingerprint density at radius 3 is 2.35 bits per heavy atom. The zero-order valence-corrected chi connectivity index (χ0v) is 10.7. The van der Waals surface area contributed by atoms with E-state index in [9.17, 15) is 4.39 Å². The summed E-state index contributed by atoms with van der Waals surface area (Å²) in [5, 5.41) is 11.3. The van der Waals surface area contributed by atoms with Crippen LogP contribution < -0.4 is 15.2 Å². The molecule has 0 radical (unpaired) electrons. The zero-order valence-electron chi connectivity index (χ0n) is 10.7. The van der Waals surface area contributed by atoms with E-state index in [-0.39, 0.29) is 17.1 Å². The Kier molecular flexibility index (Phi) is 4.05. The first-order chi connectivity index (χ1) is 9.63. The molecule has 2 aromatic carbocycles. The fourth-order valence-corrected chi connectivity index (χ4v) is 1.57.